The molecule has 4 aromatic rings. The third-order valence-corrected chi connectivity index (χ3v) is 6.42. The second-order valence-corrected chi connectivity index (χ2v) is 8.73. The highest BCUT2D eigenvalue weighted by atomic mass is 32.1. The smallest absolute Gasteiger partial charge is 0.264 e. The van der Waals surface area contributed by atoms with Crippen LogP contribution in [0.5, 0.6) is 17.4 Å². The van der Waals surface area contributed by atoms with E-state index >= 15 is 0 Å². The molecule has 0 atom stereocenters. The Morgan fingerprint density at radius 1 is 1.00 bits per heavy atom. The van der Waals surface area contributed by atoms with E-state index < -0.39 is 0 Å². The molecule has 0 aliphatic heterocycles. The van der Waals surface area contributed by atoms with Crippen LogP contribution >= 0.6 is 11.3 Å². The lowest BCUT2D eigenvalue weighted by molar-refractivity contribution is 0.0683. The number of para-hydroxylation sites is 3. The minimum absolute atomic E-state index is 0.0465. The van der Waals surface area contributed by atoms with Gasteiger partial charge in [0.1, 0.15) is 0 Å². The molecular formula is C27H29N3O4S. The van der Waals surface area contributed by atoms with E-state index in [-0.39, 0.29) is 5.91 Å². The van der Waals surface area contributed by atoms with Crippen LogP contribution in [0, 0.1) is 0 Å². The third-order valence-electron chi connectivity index (χ3n) is 5.56. The molecule has 7 nitrogen and oxygen atoms in total. The summed E-state index contributed by atoms with van der Waals surface area (Å²) in [6.45, 7) is 3.25. The molecule has 2 heterocycles. The summed E-state index contributed by atoms with van der Waals surface area (Å²) in [4.78, 5) is 15.8. The first kappa shape index (κ1) is 24.5. The minimum Gasteiger partial charge on any atom is -0.493 e. The highest BCUT2D eigenvalue weighted by molar-refractivity contribution is 7.12. The lowest BCUT2D eigenvalue weighted by atomic mass is 10.1. The maximum absolute atomic E-state index is 13.4. The number of thiophene rings is 1. The molecule has 0 saturated heterocycles. The molecule has 0 radical (unpaired) electrons. The van der Waals surface area contributed by atoms with Crippen molar-refractivity contribution in [2.75, 3.05) is 27.4 Å². The summed E-state index contributed by atoms with van der Waals surface area (Å²) in [5.41, 5.74) is 2.58. The molecule has 0 saturated carbocycles. The van der Waals surface area contributed by atoms with Gasteiger partial charge in [0.2, 0.25) is 5.88 Å². The second kappa shape index (κ2) is 11.7. The Morgan fingerprint density at radius 3 is 2.40 bits per heavy atom. The summed E-state index contributed by atoms with van der Waals surface area (Å²) < 4.78 is 19.1. The number of benzene rings is 2. The average molecular weight is 492 g/mol. The number of aryl methyl sites for hydroxylation is 1. The Labute approximate surface area is 209 Å². The summed E-state index contributed by atoms with van der Waals surface area (Å²) in [7, 11) is 3.25. The van der Waals surface area contributed by atoms with E-state index in [2.05, 4.69) is 6.92 Å². The quantitative estimate of drug-likeness (QED) is 0.274. The summed E-state index contributed by atoms with van der Waals surface area (Å²) in [5, 5.41) is 6.80. The molecule has 0 N–H and O–H groups in total. The topological polar surface area (TPSA) is 65.8 Å². The van der Waals surface area contributed by atoms with Gasteiger partial charge in [-0.25, -0.2) is 4.68 Å². The van der Waals surface area contributed by atoms with Crippen molar-refractivity contribution in [1.29, 1.82) is 0 Å². The van der Waals surface area contributed by atoms with Crippen molar-refractivity contribution in [3.05, 3.63) is 88.2 Å². The Kier molecular flexibility index (Phi) is 8.18. The third kappa shape index (κ3) is 5.55. The van der Waals surface area contributed by atoms with Crippen LogP contribution in [0.15, 0.2) is 72.1 Å². The first-order valence-corrected chi connectivity index (χ1v) is 12.3. The van der Waals surface area contributed by atoms with Crippen molar-refractivity contribution in [3.8, 4) is 23.1 Å². The maximum Gasteiger partial charge on any atom is 0.264 e. The molecule has 0 fully saturated rings. The largest absolute Gasteiger partial charge is 0.493 e. The predicted octanol–water partition coefficient (Wildman–Crippen LogP) is 5.59. The van der Waals surface area contributed by atoms with Crippen LogP contribution in [0.2, 0.25) is 0 Å². The molecule has 0 spiro atoms. The summed E-state index contributed by atoms with van der Waals surface area (Å²) in [5.74, 6) is 1.70. The lowest BCUT2D eigenvalue weighted by Crippen LogP contribution is -2.33. The Morgan fingerprint density at radius 2 is 1.74 bits per heavy atom. The van der Waals surface area contributed by atoms with Crippen LogP contribution in [-0.4, -0.2) is 48.0 Å². The standard InChI is InChI=1S/C27H29N3O4S/c1-4-22-21(19-29(16-17-32-2)26(31)25-15-10-18-35-25)27(30(28-22)20-11-6-5-7-12-20)34-24-14-9-8-13-23(24)33-3/h5-15,18H,4,16-17,19H2,1-3H3. The van der Waals surface area contributed by atoms with E-state index in [0.29, 0.717) is 48.4 Å². The van der Waals surface area contributed by atoms with Gasteiger partial charge < -0.3 is 19.1 Å². The Balaban J connectivity index is 1.81. The number of hydrogen-bond donors (Lipinski definition) is 0. The molecule has 0 aliphatic rings. The van der Waals surface area contributed by atoms with Gasteiger partial charge in [0, 0.05) is 13.7 Å². The first-order valence-electron chi connectivity index (χ1n) is 11.4. The van der Waals surface area contributed by atoms with E-state index in [1.165, 1.54) is 11.3 Å². The maximum atomic E-state index is 13.4. The molecular weight excluding hydrogens is 462 g/mol. The highest BCUT2D eigenvalue weighted by Crippen LogP contribution is 2.36. The fraction of sp³-hybridized carbons (Fsp3) is 0.259. The first-order chi connectivity index (χ1) is 17.2. The van der Waals surface area contributed by atoms with Gasteiger partial charge in [0.05, 0.1) is 42.1 Å². The fourth-order valence-electron chi connectivity index (χ4n) is 3.78. The number of methoxy groups -OCH3 is 2. The van der Waals surface area contributed by atoms with E-state index in [4.69, 9.17) is 19.3 Å². The van der Waals surface area contributed by atoms with E-state index in [1.54, 1.807) is 23.8 Å². The van der Waals surface area contributed by atoms with Gasteiger partial charge in [-0.2, -0.15) is 5.10 Å². The van der Waals surface area contributed by atoms with Gasteiger partial charge in [-0.05, 0) is 42.1 Å². The Bertz CT molecular complexity index is 1240. The van der Waals surface area contributed by atoms with Gasteiger partial charge in [0.25, 0.3) is 5.91 Å². The lowest BCUT2D eigenvalue weighted by Gasteiger charge is -2.23. The minimum atomic E-state index is -0.0465. The van der Waals surface area contributed by atoms with Crippen molar-refractivity contribution >= 4 is 17.2 Å². The molecule has 4 rings (SSSR count). The molecule has 2 aromatic heterocycles. The van der Waals surface area contributed by atoms with Gasteiger partial charge >= 0.3 is 0 Å². The zero-order valence-corrected chi connectivity index (χ0v) is 21.0. The van der Waals surface area contributed by atoms with Crippen molar-refractivity contribution in [2.45, 2.75) is 19.9 Å². The zero-order valence-electron chi connectivity index (χ0n) is 20.1. The fourth-order valence-corrected chi connectivity index (χ4v) is 4.47. The van der Waals surface area contributed by atoms with E-state index in [1.807, 2.05) is 72.1 Å². The Hall–Kier alpha value is -3.62. The van der Waals surface area contributed by atoms with Gasteiger partial charge in [-0.1, -0.05) is 43.3 Å². The van der Waals surface area contributed by atoms with Crippen molar-refractivity contribution < 1.29 is 19.0 Å². The van der Waals surface area contributed by atoms with Gasteiger partial charge in [-0.15, -0.1) is 11.3 Å². The second-order valence-electron chi connectivity index (χ2n) is 7.78. The molecule has 2 aromatic carbocycles. The zero-order chi connectivity index (χ0) is 24.6. The number of rotatable bonds is 11. The van der Waals surface area contributed by atoms with Crippen LogP contribution in [0.4, 0.5) is 0 Å². The van der Waals surface area contributed by atoms with Crippen LogP contribution in [0.3, 0.4) is 0 Å². The number of nitrogens with zero attached hydrogens (tertiary/aromatic N) is 3. The summed E-state index contributed by atoms with van der Waals surface area (Å²) in [6.07, 6.45) is 0.683. The monoisotopic (exact) mass is 491 g/mol. The molecule has 0 unspecified atom stereocenters. The molecule has 0 aliphatic carbocycles. The van der Waals surface area contributed by atoms with Crippen molar-refractivity contribution in [1.82, 2.24) is 14.7 Å². The summed E-state index contributed by atoms with van der Waals surface area (Å²) in [6, 6.07) is 21.1. The molecule has 0 bridgehead atoms. The molecule has 182 valence electrons. The molecule has 35 heavy (non-hydrogen) atoms. The number of hydrogen-bond acceptors (Lipinski definition) is 6. The van der Waals surface area contributed by atoms with Gasteiger partial charge in [-0.3, -0.25) is 4.79 Å². The molecule has 8 heteroatoms. The number of carbonyl (C=O) groups excluding carboxylic acids is 1. The predicted molar refractivity (Wildman–Crippen MR) is 137 cm³/mol. The van der Waals surface area contributed by atoms with Crippen LogP contribution in [0.1, 0.15) is 27.9 Å². The summed E-state index contributed by atoms with van der Waals surface area (Å²) >= 11 is 1.43. The number of aromatic nitrogens is 2. The highest BCUT2D eigenvalue weighted by Gasteiger charge is 2.26. The van der Waals surface area contributed by atoms with Crippen molar-refractivity contribution in [3.63, 3.8) is 0 Å². The number of carbonyl (C=O) groups is 1. The van der Waals surface area contributed by atoms with Crippen LogP contribution in [0.25, 0.3) is 5.69 Å². The van der Waals surface area contributed by atoms with Crippen molar-refractivity contribution in [2.24, 2.45) is 0 Å². The normalized spacial score (nSPS) is 10.8. The van der Waals surface area contributed by atoms with Gasteiger partial charge in [0.15, 0.2) is 11.5 Å². The number of ether oxygens (including phenoxy) is 3. The average Bonchev–Trinajstić information content (AvgIpc) is 3.56. The van der Waals surface area contributed by atoms with E-state index in [9.17, 15) is 4.79 Å². The SMILES string of the molecule is CCc1nn(-c2ccccc2)c(Oc2ccccc2OC)c1CN(CCOC)C(=O)c1cccs1. The van der Waals surface area contributed by atoms with Crippen LogP contribution in [-0.2, 0) is 17.7 Å². The van der Waals surface area contributed by atoms with Crippen LogP contribution < -0.4 is 9.47 Å². The van der Waals surface area contributed by atoms with E-state index in [0.717, 1.165) is 16.9 Å². The number of amides is 1. The molecule has 1 amide bonds.